The van der Waals surface area contributed by atoms with Gasteiger partial charge in [0.25, 0.3) is 0 Å². The van der Waals surface area contributed by atoms with Gasteiger partial charge in [-0.15, -0.1) is 0 Å². The molecule has 2 heterocycles. The van der Waals surface area contributed by atoms with Crippen molar-refractivity contribution < 1.29 is 4.74 Å². The average Bonchev–Trinajstić information content (AvgIpc) is 2.99. The van der Waals surface area contributed by atoms with Gasteiger partial charge in [-0.3, -0.25) is 9.38 Å². The molecule has 5 heteroatoms. The number of anilines is 2. The molecule has 4 aromatic rings. The van der Waals surface area contributed by atoms with Crippen LogP contribution in [0.15, 0.2) is 61.1 Å². The predicted molar refractivity (Wildman–Crippen MR) is 104 cm³/mol. The van der Waals surface area contributed by atoms with E-state index in [4.69, 9.17) is 9.72 Å². The summed E-state index contributed by atoms with van der Waals surface area (Å²) in [5.74, 6) is 1.74. The molecular formula is C21H20N4O. The summed E-state index contributed by atoms with van der Waals surface area (Å²) in [4.78, 5) is 8.97. The van der Waals surface area contributed by atoms with E-state index in [0.29, 0.717) is 0 Å². The van der Waals surface area contributed by atoms with Crippen molar-refractivity contribution in [1.82, 2.24) is 14.4 Å². The van der Waals surface area contributed by atoms with E-state index in [2.05, 4.69) is 42.3 Å². The number of aromatic nitrogens is 3. The van der Waals surface area contributed by atoms with Crippen LogP contribution in [0.25, 0.3) is 16.9 Å². The first-order valence-electron chi connectivity index (χ1n) is 8.46. The minimum absolute atomic E-state index is 0.796. The lowest BCUT2D eigenvalue weighted by Gasteiger charge is -2.11. The van der Waals surface area contributed by atoms with Crippen LogP contribution in [-0.4, -0.2) is 21.5 Å². The molecule has 1 N–H and O–H groups in total. The number of methoxy groups -OCH3 is 1. The highest BCUT2D eigenvalue weighted by molar-refractivity contribution is 5.79. The molecule has 0 spiro atoms. The quantitative estimate of drug-likeness (QED) is 0.580. The summed E-state index contributed by atoms with van der Waals surface area (Å²) in [7, 11) is 1.67. The molecule has 26 heavy (non-hydrogen) atoms. The Kier molecular flexibility index (Phi) is 4.05. The molecule has 0 atom stereocenters. The Hall–Kier alpha value is -3.34. The molecule has 0 fully saturated rings. The standard InChI is InChI=1S/C21H20N4O/c1-14-10-15(2)12-17(11-14)23-21-20(16-4-6-18(26-3)7-5-16)24-19-13-22-8-9-25(19)21/h4-13,23H,1-3H3. The Morgan fingerprint density at radius 3 is 2.42 bits per heavy atom. The largest absolute Gasteiger partial charge is 0.497 e. The van der Waals surface area contributed by atoms with E-state index >= 15 is 0 Å². The van der Waals surface area contributed by atoms with Crippen LogP contribution in [0.1, 0.15) is 11.1 Å². The fraction of sp³-hybridized carbons (Fsp3) is 0.143. The number of nitrogens with zero attached hydrogens (tertiary/aromatic N) is 3. The molecule has 0 aliphatic heterocycles. The number of aryl methyl sites for hydroxylation is 2. The molecule has 5 nitrogen and oxygen atoms in total. The van der Waals surface area contributed by atoms with Gasteiger partial charge in [-0.05, 0) is 61.4 Å². The summed E-state index contributed by atoms with van der Waals surface area (Å²) in [5.41, 5.74) is 6.16. The molecule has 0 aliphatic carbocycles. The van der Waals surface area contributed by atoms with Crippen LogP contribution in [0.2, 0.25) is 0 Å². The summed E-state index contributed by atoms with van der Waals surface area (Å²) >= 11 is 0. The van der Waals surface area contributed by atoms with E-state index in [1.165, 1.54) is 11.1 Å². The maximum atomic E-state index is 5.26. The zero-order valence-electron chi connectivity index (χ0n) is 15.0. The SMILES string of the molecule is COc1ccc(-c2nc3cnccn3c2Nc2cc(C)cc(C)c2)cc1. The van der Waals surface area contributed by atoms with Crippen LogP contribution in [0.5, 0.6) is 5.75 Å². The summed E-state index contributed by atoms with van der Waals surface area (Å²) in [6.07, 6.45) is 5.44. The zero-order chi connectivity index (χ0) is 18.1. The zero-order valence-corrected chi connectivity index (χ0v) is 15.0. The topological polar surface area (TPSA) is 51.5 Å². The van der Waals surface area contributed by atoms with Crippen molar-refractivity contribution in [3.8, 4) is 17.0 Å². The highest BCUT2D eigenvalue weighted by Crippen LogP contribution is 2.32. The van der Waals surface area contributed by atoms with Gasteiger partial charge in [0, 0.05) is 23.6 Å². The first kappa shape index (κ1) is 16.1. The normalized spacial score (nSPS) is 10.9. The number of hydrogen-bond acceptors (Lipinski definition) is 4. The van der Waals surface area contributed by atoms with Crippen LogP contribution in [0.4, 0.5) is 11.5 Å². The lowest BCUT2D eigenvalue weighted by atomic mass is 10.1. The van der Waals surface area contributed by atoms with Gasteiger partial charge >= 0.3 is 0 Å². The van der Waals surface area contributed by atoms with E-state index in [9.17, 15) is 0 Å². The molecule has 4 rings (SSSR count). The van der Waals surface area contributed by atoms with E-state index in [1.54, 1.807) is 19.5 Å². The van der Waals surface area contributed by atoms with Crippen molar-refractivity contribution in [3.63, 3.8) is 0 Å². The van der Waals surface area contributed by atoms with Crippen LogP contribution in [0, 0.1) is 13.8 Å². The number of benzene rings is 2. The van der Waals surface area contributed by atoms with Crippen molar-refractivity contribution in [3.05, 3.63) is 72.2 Å². The third-order valence-electron chi connectivity index (χ3n) is 4.28. The minimum atomic E-state index is 0.796. The van der Waals surface area contributed by atoms with Crippen molar-refractivity contribution in [2.75, 3.05) is 12.4 Å². The Labute approximate surface area is 152 Å². The number of ether oxygens (including phenoxy) is 1. The Morgan fingerprint density at radius 1 is 1.00 bits per heavy atom. The first-order valence-corrected chi connectivity index (χ1v) is 8.46. The van der Waals surface area contributed by atoms with Gasteiger partial charge in [0.05, 0.1) is 13.3 Å². The van der Waals surface area contributed by atoms with E-state index in [0.717, 1.165) is 34.2 Å². The number of imidazole rings is 1. The molecule has 0 saturated heterocycles. The van der Waals surface area contributed by atoms with E-state index in [1.807, 2.05) is 34.9 Å². The summed E-state index contributed by atoms with van der Waals surface area (Å²) in [6.45, 7) is 4.20. The molecule has 0 aliphatic rings. The third kappa shape index (κ3) is 2.99. The second kappa shape index (κ2) is 6.52. The number of hydrogen-bond donors (Lipinski definition) is 1. The number of fused-ring (bicyclic) bond motifs is 1. The second-order valence-electron chi connectivity index (χ2n) is 6.34. The molecule has 0 bridgehead atoms. The van der Waals surface area contributed by atoms with Gasteiger partial charge in [0.1, 0.15) is 17.3 Å². The summed E-state index contributed by atoms with van der Waals surface area (Å²) < 4.78 is 7.28. The van der Waals surface area contributed by atoms with Gasteiger partial charge in [0.15, 0.2) is 5.65 Å². The smallest absolute Gasteiger partial charge is 0.157 e. The molecule has 0 unspecified atom stereocenters. The molecule has 2 aromatic carbocycles. The van der Waals surface area contributed by atoms with Crippen LogP contribution in [-0.2, 0) is 0 Å². The fourth-order valence-corrected chi connectivity index (χ4v) is 3.16. The Morgan fingerprint density at radius 2 is 1.73 bits per heavy atom. The average molecular weight is 344 g/mol. The maximum absolute atomic E-state index is 5.26. The van der Waals surface area contributed by atoms with Gasteiger partial charge in [0.2, 0.25) is 0 Å². The predicted octanol–water partition coefficient (Wildman–Crippen LogP) is 4.77. The minimum Gasteiger partial charge on any atom is -0.497 e. The maximum Gasteiger partial charge on any atom is 0.157 e. The Balaban J connectivity index is 1.85. The Bertz CT molecular complexity index is 1050. The van der Waals surface area contributed by atoms with Gasteiger partial charge in [-0.1, -0.05) is 6.07 Å². The van der Waals surface area contributed by atoms with Gasteiger partial charge in [-0.25, -0.2) is 4.98 Å². The summed E-state index contributed by atoms with van der Waals surface area (Å²) in [5, 5.41) is 3.55. The monoisotopic (exact) mass is 344 g/mol. The van der Waals surface area contributed by atoms with E-state index in [-0.39, 0.29) is 0 Å². The van der Waals surface area contributed by atoms with Crippen molar-refractivity contribution in [2.45, 2.75) is 13.8 Å². The van der Waals surface area contributed by atoms with E-state index < -0.39 is 0 Å². The lowest BCUT2D eigenvalue weighted by Crippen LogP contribution is -1.98. The van der Waals surface area contributed by atoms with Crippen LogP contribution < -0.4 is 10.1 Å². The van der Waals surface area contributed by atoms with Crippen LogP contribution in [0.3, 0.4) is 0 Å². The molecule has 2 aromatic heterocycles. The third-order valence-corrected chi connectivity index (χ3v) is 4.28. The lowest BCUT2D eigenvalue weighted by molar-refractivity contribution is 0.415. The fourth-order valence-electron chi connectivity index (χ4n) is 3.16. The highest BCUT2D eigenvalue weighted by atomic mass is 16.5. The number of nitrogens with one attached hydrogen (secondary N) is 1. The van der Waals surface area contributed by atoms with Gasteiger partial charge in [-0.2, -0.15) is 0 Å². The van der Waals surface area contributed by atoms with Gasteiger partial charge < -0.3 is 10.1 Å². The number of rotatable bonds is 4. The van der Waals surface area contributed by atoms with Crippen molar-refractivity contribution in [1.29, 1.82) is 0 Å². The second-order valence-corrected chi connectivity index (χ2v) is 6.34. The molecule has 0 saturated carbocycles. The summed E-state index contributed by atoms with van der Waals surface area (Å²) in [6, 6.07) is 14.3. The molecular weight excluding hydrogens is 324 g/mol. The van der Waals surface area contributed by atoms with Crippen LogP contribution >= 0.6 is 0 Å². The van der Waals surface area contributed by atoms with Crippen molar-refractivity contribution >= 4 is 17.2 Å². The first-order chi connectivity index (χ1) is 12.6. The highest BCUT2D eigenvalue weighted by Gasteiger charge is 2.15. The molecule has 0 amide bonds. The van der Waals surface area contributed by atoms with Crippen molar-refractivity contribution in [2.24, 2.45) is 0 Å². The molecule has 0 radical (unpaired) electrons. The molecule has 130 valence electrons.